The largest absolute Gasteiger partial charge is 0.347 e. The minimum absolute atomic E-state index is 0.0536. The van der Waals surface area contributed by atoms with E-state index >= 15 is 0 Å². The maximum absolute atomic E-state index is 12.5. The second kappa shape index (κ2) is 9.65. The van der Waals surface area contributed by atoms with Gasteiger partial charge < -0.3 is 10.2 Å². The molecule has 0 radical (unpaired) electrons. The first kappa shape index (κ1) is 19.6. The van der Waals surface area contributed by atoms with Crippen LogP contribution in [0.5, 0.6) is 0 Å². The zero-order chi connectivity index (χ0) is 18.4. The average Bonchev–Trinajstić information content (AvgIpc) is 3.00. The minimum atomic E-state index is 0.0536. The Bertz CT molecular complexity index is 628. The fourth-order valence-electron chi connectivity index (χ4n) is 3.63. The molecule has 1 atom stereocenters. The number of nitrogens with one attached hydrogen (secondary N) is 1. The van der Waals surface area contributed by atoms with Crippen molar-refractivity contribution in [3.8, 4) is 0 Å². The topological polar surface area (TPSA) is 44.7 Å². The van der Waals surface area contributed by atoms with E-state index in [1.807, 2.05) is 23.9 Å². The van der Waals surface area contributed by atoms with Gasteiger partial charge in [-0.3, -0.25) is 9.79 Å². The molecule has 4 nitrogen and oxygen atoms in total. The van der Waals surface area contributed by atoms with Gasteiger partial charge in [0, 0.05) is 35.5 Å². The van der Waals surface area contributed by atoms with Crippen molar-refractivity contribution in [2.75, 3.05) is 17.6 Å². The minimum Gasteiger partial charge on any atom is -0.347 e. The lowest BCUT2D eigenvalue weighted by Gasteiger charge is -2.27. The van der Waals surface area contributed by atoms with Crippen LogP contribution in [0.15, 0.2) is 29.3 Å². The molecule has 3 rings (SSSR count). The Balaban J connectivity index is 1.60. The quantitative estimate of drug-likeness (QED) is 0.723. The molecule has 1 aliphatic heterocycles. The molecule has 1 aromatic rings. The molecule has 2 fully saturated rings. The molecule has 1 saturated heterocycles. The van der Waals surface area contributed by atoms with Crippen LogP contribution in [0, 0.1) is 0 Å². The smallest absolute Gasteiger partial charge is 0.226 e. The van der Waals surface area contributed by atoms with Gasteiger partial charge in [-0.1, -0.05) is 49.5 Å². The monoisotopic (exact) mass is 393 g/mol. The second-order valence-electron chi connectivity index (χ2n) is 7.12. The van der Waals surface area contributed by atoms with Gasteiger partial charge in [0.25, 0.3) is 0 Å². The van der Waals surface area contributed by atoms with E-state index in [4.69, 9.17) is 16.6 Å². The molecule has 6 heteroatoms. The molecule has 0 spiro atoms. The van der Waals surface area contributed by atoms with Crippen molar-refractivity contribution in [3.63, 3.8) is 0 Å². The van der Waals surface area contributed by atoms with Gasteiger partial charge in [0.05, 0.1) is 6.04 Å². The van der Waals surface area contributed by atoms with Crippen molar-refractivity contribution in [1.82, 2.24) is 4.90 Å². The third kappa shape index (κ3) is 5.40. The summed E-state index contributed by atoms with van der Waals surface area (Å²) < 4.78 is 0. The van der Waals surface area contributed by atoms with Crippen LogP contribution in [0.3, 0.4) is 0 Å². The van der Waals surface area contributed by atoms with E-state index in [2.05, 4.69) is 17.1 Å². The summed E-state index contributed by atoms with van der Waals surface area (Å²) in [6.07, 6.45) is 7.94. The molecule has 0 bridgehead atoms. The summed E-state index contributed by atoms with van der Waals surface area (Å²) in [4.78, 5) is 19.9. The summed E-state index contributed by atoms with van der Waals surface area (Å²) in [6, 6.07) is 7.97. The molecule has 1 unspecified atom stereocenters. The van der Waals surface area contributed by atoms with Crippen molar-refractivity contribution in [2.24, 2.45) is 4.99 Å². The standard InChI is InChI=1S/C20H28ClN3OS/c1-2-12-24-18(13-19(25)22-17-10-8-15(21)9-11-17)14-26-20(24)23-16-6-4-3-5-7-16/h8-11,16,18H,2-7,12-14H2,1H3,(H,22,25). The summed E-state index contributed by atoms with van der Waals surface area (Å²) in [5.74, 6) is 0.998. The number of amidine groups is 1. The summed E-state index contributed by atoms with van der Waals surface area (Å²) in [7, 11) is 0. The summed E-state index contributed by atoms with van der Waals surface area (Å²) in [6.45, 7) is 3.16. The lowest BCUT2D eigenvalue weighted by atomic mass is 9.96. The van der Waals surface area contributed by atoms with E-state index < -0.39 is 0 Å². The molecular weight excluding hydrogens is 366 g/mol. The number of aliphatic imine (C=N–C) groups is 1. The number of carbonyl (C=O) groups excluding carboxylic acids is 1. The SMILES string of the molecule is CCCN1C(=NC2CCCCC2)SCC1CC(=O)Nc1ccc(Cl)cc1. The number of halogens is 1. The van der Waals surface area contributed by atoms with Gasteiger partial charge in [0.1, 0.15) is 0 Å². The van der Waals surface area contributed by atoms with Crippen molar-refractivity contribution < 1.29 is 4.79 Å². The first-order chi connectivity index (χ1) is 12.7. The second-order valence-corrected chi connectivity index (χ2v) is 8.54. The molecule has 1 amide bonds. The van der Waals surface area contributed by atoms with Crippen molar-refractivity contribution in [1.29, 1.82) is 0 Å². The predicted octanol–water partition coefficient (Wildman–Crippen LogP) is 5.18. The molecule has 1 heterocycles. The van der Waals surface area contributed by atoms with Gasteiger partial charge in [0.2, 0.25) is 5.91 Å². The van der Waals surface area contributed by atoms with Crippen LogP contribution in [0.2, 0.25) is 5.02 Å². The van der Waals surface area contributed by atoms with Crippen molar-refractivity contribution >= 4 is 40.1 Å². The number of carbonyl (C=O) groups is 1. The van der Waals surface area contributed by atoms with Crippen LogP contribution < -0.4 is 5.32 Å². The molecule has 1 aromatic carbocycles. The number of benzene rings is 1. The highest BCUT2D eigenvalue weighted by molar-refractivity contribution is 8.14. The molecule has 1 N–H and O–H groups in total. The lowest BCUT2D eigenvalue weighted by molar-refractivity contribution is -0.116. The first-order valence-electron chi connectivity index (χ1n) is 9.68. The molecule has 1 saturated carbocycles. The van der Waals surface area contributed by atoms with E-state index in [0.29, 0.717) is 17.5 Å². The Kier molecular flexibility index (Phi) is 7.26. The Labute approximate surface area is 165 Å². The number of hydrogen-bond donors (Lipinski definition) is 1. The summed E-state index contributed by atoms with van der Waals surface area (Å²) >= 11 is 7.72. The fourth-order valence-corrected chi connectivity index (χ4v) is 5.02. The summed E-state index contributed by atoms with van der Waals surface area (Å²) in [5.41, 5.74) is 0.795. The highest BCUT2D eigenvalue weighted by Gasteiger charge is 2.32. The van der Waals surface area contributed by atoms with Crippen molar-refractivity contribution in [2.45, 2.75) is 64.0 Å². The number of amides is 1. The van der Waals surface area contributed by atoms with E-state index in [0.717, 1.165) is 29.6 Å². The molecule has 1 aliphatic carbocycles. The Morgan fingerprint density at radius 3 is 2.69 bits per heavy atom. The van der Waals surface area contributed by atoms with E-state index in [-0.39, 0.29) is 11.9 Å². The molecule has 0 aromatic heterocycles. The molecule has 26 heavy (non-hydrogen) atoms. The van der Waals surface area contributed by atoms with Crippen LogP contribution in [0.1, 0.15) is 51.9 Å². The molecule has 2 aliphatic rings. The highest BCUT2D eigenvalue weighted by Crippen LogP contribution is 2.30. The van der Waals surface area contributed by atoms with Gasteiger partial charge in [-0.25, -0.2) is 0 Å². The van der Waals surface area contributed by atoms with Crippen LogP contribution >= 0.6 is 23.4 Å². The first-order valence-corrected chi connectivity index (χ1v) is 11.0. The fraction of sp³-hybridized carbons (Fsp3) is 0.600. The van der Waals surface area contributed by atoms with Crippen LogP contribution in [-0.2, 0) is 4.79 Å². The zero-order valence-electron chi connectivity index (χ0n) is 15.4. The van der Waals surface area contributed by atoms with E-state index in [1.54, 1.807) is 12.1 Å². The normalized spacial score (nSPS) is 22.8. The van der Waals surface area contributed by atoms with Crippen LogP contribution in [-0.4, -0.2) is 40.4 Å². The molecule has 142 valence electrons. The number of rotatable bonds is 6. The van der Waals surface area contributed by atoms with Gasteiger partial charge >= 0.3 is 0 Å². The Morgan fingerprint density at radius 1 is 1.27 bits per heavy atom. The predicted molar refractivity (Wildman–Crippen MR) is 112 cm³/mol. The number of nitrogens with zero attached hydrogens (tertiary/aromatic N) is 2. The van der Waals surface area contributed by atoms with Gasteiger partial charge in [-0.2, -0.15) is 0 Å². The van der Waals surface area contributed by atoms with Crippen LogP contribution in [0.4, 0.5) is 5.69 Å². The third-order valence-corrected chi connectivity index (χ3v) is 6.37. The van der Waals surface area contributed by atoms with E-state index in [9.17, 15) is 4.79 Å². The number of anilines is 1. The average molecular weight is 394 g/mol. The number of hydrogen-bond acceptors (Lipinski definition) is 3. The third-order valence-electron chi connectivity index (χ3n) is 4.97. The highest BCUT2D eigenvalue weighted by atomic mass is 35.5. The summed E-state index contributed by atoms with van der Waals surface area (Å²) in [5, 5.41) is 4.81. The number of thioether (sulfide) groups is 1. The molecular formula is C20H28ClN3OS. The van der Waals surface area contributed by atoms with Crippen LogP contribution in [0.25, 0.3) is 0 Å². The Morgan fingerprint density at radius 2 is 2.00 bits per heavy atom. The van der Waals surface area contributed by atoms with Gasteiger partial charge in [-0.15, -0.1) is 0 Å². The van der Waals surface area contributed by atoms with Crippen molar-refractivity contribution in [3.05, 3.63) is 29.3 Å². The Hall–Kier alpha value is -1.20. The maximum atomic E-state index is 12.5. The zero-order valence-corrected chi connectivity index (χ0v) is 17.0. The lowest BCUT2D eigenvalue weighted by Crippen LogP contribution is -2.37. The van der Waals surface area contributed by atoms with Gasteiger partial charge in [-0.05, 0) is 43.5 Å². The van der Waals surface area contributed by atoms with E-state index in [1.165, 1.54) is 32.1 Å². The van der Waals surface area contributed by atoms with Gasteiger partial charge in [0.15, 0.2) is 5.17 Å². The maximum Gasteiger partial charge on any atom is 0.226 e.